The third kappa shape index (κ3) is 2.86. The van der Waals surface area contributed by atoms with Crippen LogP contribution in [-0.2, 0) is 10.8 Å². The molecule has 1 heterocycles. The summed E-state index contributed by atoms with van der Waals surface area (Å²) in [5, 5.41) is 2.74. The zero-order valence-corrected chi connectivity index (χ0v) is 17.3. The zero-order valence-electron chi connectivity index (χ0n) is 17.3. The Labute approximate surface area is 162 Å². The maximum Gasteiger partial charge on any atom is 0.0578 e. The van der Waals surface area contributed by atoms with E-state index in [9.17, 15) is 0 Å². The zero-order chi connectivity index (χ0) is 19.4. The minimum absolute atomic E-state index is 0.0717. The van der Waals surface area contributed by atoms with E-state index in [0.717, 1.165) is 0 Å². The average molecular weight is 356 g/mol. The topological polar surface area (TPSA) is 4.93 Å². The molecule has 4 rings (SSSR count). The number of hydrogen-bond donors (Lipinski definition) is 0. The van der Waals surface area contributed by atoms with Crippen LogP contribution < -0.4 is 0 Å². The van der Waals surface area contributed by atoms with Crippen molar-refractivity contribution in [3.8, 4) is 5.69 Å². The van der Waals surface area contributed by atoms with Crippen LogP contribution in [-0.4, -0.2) is 4.57 Å². The lowest BCUT2D eigenvalue weighted by Crippen LogP contribution is -2.13. The van der Waals surface area contributed by atoms with Crippen molar-refractivity contribution in [1.29, 1.82) is 0 Å². The lowest BCUT2D eigenvalue weighted by Gasteiger charge is -2.22. The Hall–Kier alpha value is -2.54. The molecule has 1 heteroatoms. The SMILES string of the molecule is CC(C)(C)c1cccc2c1c1cccc(C(C)(C)C)c1n2-c1ccccc1. The second-order valence-electron chi connectivity index (χ2n) is 9.57. The Balaban J connectivity index is 2.29. The van der Waals surface area contributed by atoms with E-state index in [0.29, 0.717) is 0 Å². The summed E-state index contributed by atoms with van der Waals surface area (Å²) in [5.74, 6) is 0. The molecule has 0 spiro atoms. The smallest absolute Gasteiger partial charge is 0.0578 e. The molecular weight excluding hydrogens is 326 g/mol. The summed E-state index contributed by atoms with van der Waals surface area (Å²) in [5.41, 5.74) is 6.81. The largest absolute Gasteiger partial charge is 0.309 e. The van der Waals surface area contributed by atoms with Gasteiger partial charge in [0.05, 0.1) is 11.0 Å². The number of hydrogen-bond acceptors (Lipinski definition) is 0. The van der Waals surface area contributed by atoms with Crippen LogP contribution in [0.1, 0.15) is 52.7 Å². The summed E-state index contributed by atoms with van der Waals surface area (Å²) in [6.45, 7) is 13.8. The van der Waals surface area contributed by atoms with Crippen LogP contribution in [0.5, 0.6) is 0 Å². The van der Waals surface area contributed by atoms with Gasteiger partial charge in [-0.3, -0.25) is 0 Å². The first-order valence-corrected chi connectivity index (χ1v) is 9.82. The lowest BCUT2D eigenvalue weighted by atomic mass is 9.83. The molecular formula is C26H29N. The van der Waals surface area contributed by atoms with Gasteiger partial charge in [0, 0.05) is 16.5 Å². The standard InChI is InChI=1S/C26H29N/c1-25(2,3)20-15-11-17-22-23(20)19-14-10-16-21(26(4,5)6)24(19)27(22)18-12-8-7-9-13-18/h7-17H,1-6H3. The van der Waals surface area contributed by atoms with Crippen molar-refractivity contribution in [3.05, 3.63) is 77.9 Å². The van der Waals surface area contributed by atoms with Gasteiger partial charge in [-0.25, -0.2) is 0 Å². The van der Waals surface area contributed by atoms with Gasteiger partial charge in [0.25, 0.3) is 0 Å². The minimum atomic E-state index is 0.0717. The molecule has 0 saturated heterocycles. The summed E-state index contributed by atoms with van der Waals surface area (Å²) in [6, 6.07) is 24.3. The highest BCUT2D eigenvalue weighted by Gasteiger charge is 2.25. The maximum absolute atomic E-state index is 2.46. The number of aromatic nitrogens is 1. The summed E-state index contributed by atoms with van der Waals surface area (Å²) in [4.78, 5) is 0. The highest BCUT2D eigenvalue weighted by atomic mass is 15.0. The fourth-order valence-electron chi connectivity index (χ4n) is 4.19. The van der Waals surface area contributed by atoms with E-state index in [1.807, 2.05) is 0 Å². The fraction of sp³-hybridized carbons (Fsp3) is 0.308. The monoisotopic (exact) mass is 355 g/mol. The van der Waals surface area contributed by atoms with Gasteiger partial charge in [0.2, 0.25) is 0 Å². The summed E-state index contributed by atoms with van der Waals surface area (Å²) >= 11 is 0. The van der Waals surface area contributed by atoms with Gasteiger partial charge in [0.1, 0.15) is 0 Å². The fourth-order valence-corrected chi connectivity index (χ4v) is 4.19. The molecule has 4 aromatic rings. The van der Waals surface area contributed by atoms with E-state index in [4.69, 9.17) is 0 Å². The van der Waals surface area contributed by atoms with Crippen LogP contribution in [0.3, 0.4) is 0 Å². The summed E-state index contributed by atoms with van der Waals surface area (Å²) in [6.07, 6.45) is 0. The Morgan fingerprint density at radius 1 is 0.593 bits per heavy atom. The van der Waals surface area contributed by atoms with E-state index in [1.54, 1.807) is 0 Å². The first-order chi connectivity index (χ1) is 12.7. The number of fused-ring (bicyclic) bond motifs is 3. The van der Waals surface area contributed by atoms with Gasteiger partial charge in [0.15, 0.2) is 0 Å². The van der Waals surface area contributed by atoms with Crippen molar-refractivity contribution in [2.75, 3.05) is 0 Å². The Kier molecular flexibility index (Phi) is 3.96. The van der Waals surface area contributed by atoms with Crippen molar-refractivity contribution in [2.45, 2.75) is 52.4 Å². The number of rotatable bonds is 1. The Morgan fingerprint density at radius 2 is 1.19 bits per heavy atom. The van der Waals surface area contributed by atoms with Gasteiger partial charge in [-0.2, -0.15) is 0 Å². The van der Waals surface area contributed by atoms with Crippen LogP contribution in [0.15, 0.2) is 66.7 Å². The van der Waals surface area contributed by atoms with Crippen LogP contribution >= 0.6 is 0 Å². The molecule has 0 fully saturated rings. The number of benzene rings is 3. The summed E-state index contributed by atoms with van der Waals surface area (Å²) in [7, 11) is 0. The van der Waals surface area contributed by atoms with E-state index in [-0.39, 0.29) is 10.8 Å². The third-order valence-corrected chi connectivity index (χ3v) is 5.44. The van der Waals surface area contributed by atoms with Crippen molar-refractivity contribution < 1.29 is 0 Å². The van der Waals surface area contributed by atoms with Crippen molar-refractivity contribution in [2.24, 2.45) is 0 Å². The van der Waals surface area contributed by atoms with Gasteiger partial charge in [-0.15, -0.1) is 0 Å². The summed E-state index contributed by atoms with van der Waals surface area (Å²) < 4.78 is 2.46. The molecule has 3 aromatic carbocycles. The molecule has 0 aliphatic carbocycles. The molecule has 27 heavy (non-hydrogen) atoms. The van der Waals surface area contributed by atoms with Crippen molar-refractivity contribution >= 4 is 21.8 Å². The van der Waals surface area contributed by atoms with Crippen LogP contribution in [0.25, 0.3) is 27.5 Å². The molecule has 0 saturated carbocycles. The van der Waals surface area contributed by atoms with E-state index < -0.39 is 0 Å². The highest BCUT2D eigenvalue weighted by molar-refractivity contribution is 6.12. The first kappa shape index (κ1) is 17.9. The number of para-hydroxylation sites is 2. The first-order valence-electron chi connectivity index (χ1n) is 9.82. The van der Waals surface area contributed by atoms with Crippen molar-refractivity contribution in [1.82, 2.24) is 4.57 Å². The molecule has 1 aromatic heterocycles. The highest BCUT2D eigenvalue weighted by Crippen LogP contribution is 2.42. The molecule has 0 bridgehead atoms. The predicted molar refractivity (Wildman–Crippen MR) is 118 cm³/mol. The minimum Gasteiger partial charge on any atom is -0.309 e. The van der Waals surface area contributed by atoms with Gasteiger partial charge in [-0.05, 0) is 40.2 Å². The second kappa shape index (κ2) is 5.99. The maximum atomic E-state index is 2.46. The second-order valence-corrected chi connectivity index (χ2v) is 9.57. The molecule has 0 aliphatic heterocycles. The van der Waals surface area contributed by atoms with Gasteiger partial charge < -0.3 is 4.57 Å². The molecule has 0 N–H and O–H groups in total. The lowest BCUT2D eigenvalue weighted by molar-refractivity contribution is 0.594. The molecule has 0 radical (unpaired) electrons. The van der Waals surface area contributed by atoms with E-state index in [1.165, 1.54) is 38.6 Å². The van der Waals surface area contributed by atoms with E-state index in [2.05, 4.69) is 113 Å². The molecule has 0 atom stereocenters. The van der Waals surface area contributed by atoms with Crippen LogP contribution in [0.2, 0.25) is 0 Å². The molecule has 138 valence electrons. The molecule has 0 aliphatic rings. The van der Waals surface area contributed by atoms with Crippen LogP contribution in [0.4, 0.5) is 0 Å². The van der Waals surface area contributed by atoms with Gasteiger partial charge in [-0.1, -0.05) is 90.1 Å². The quantitative estimate of drug-likeness (QED) is 0.336. The van der Waals surface area contributed by atoms with Gasteiger partial charge >= 0.3 is 0 Å². The average Bonchev–Trinajstić information content (AvgIpc) is 2.95. The molecule has 0 amide bonds. The third-order valence-electron chi connectivity index (χ3n) is 5.44. The normalized spacial score (nSPS) is 12.8. The van der Waals surface area contributed by atoms with Crippen LogP contribution in [0, 0.1) is 0 Å². The Bertz CT molecular complexity index is 1120. The van der Waals surface area contributed by atoms with E-state index >= 15 is 0 Å². The predicted octanol–water partition coefficient (Wildman–Crippen LogP) is 7.38. The molecule has 1 nitrogen and oxygen atoms in total. The number of nitrogens with zero attached hydrogens (tertiary/aromatic N) is 1. The van der Waals surface area contributed by atoms with Crippen molar-refractivity contribution in [3.63, 3.8) is 0 Å². The molecule has 0 unspecified atom stereocenters. The Morgan fingerprint density at radius 3 is 1.81 bits per heavy atom.